The van der Waals surface area contributed by atoms with Gasteiger partial charge in [-0.05, 0) is 25.1 Å². The summed E-state index contributed by atoms with van der Waals surface area (Å²) in [6.45, 7) is 2.20. The Kier molecular flexibility index (Phi) is 6.22. The smallest absolute Gasteiger partial charge is 0.227 e. The third kappa shape index (κ3) is 4.65. The van der Waals surface area contributed by atoms with Crippen LogP contribution in [0.3, 0.4) is 0 Å². The van der Waals surface area contributed by atoms with Crippen molar-refractivity contribution in [2.24, 2.45) is 7.05 Å². The summed E-state index contributed by atoms with van der Waals surface area (Å²) in [6.07, 6.45) is 6.99. The van der Waals surface area contributed by atoms with Crippen LogP contribution in [-0.2, 0) is 7.05 Å². The van der Waals surface area contributed by atoms with Crippen LogP contribution >= 0.6 is 0 Å². The molecular formula is C22H23N7O3. The van der Waals surface area contributed by atoms with E-state index < -0.39 is 0 Å². The molecule has 0 aliphatic rings. The first kappa shape index (κ1) is 21.2. The van der Waals surface area contributed by atoms with Crippen molar-refractivity contribution >= 4 is 5.95 Å². The number of hydrogen-bond acceptors (Lipinski definition) is 9. The maximum atomic E-state index is 8.94. The van der Waals surface area contributed by atoms with Gasteiger partial charge in [-0.25, -0.2) is 9.97 Å². The SMILES string of the molecule is COc1nc(NCCO)ncc1-c1ccc(Oc2ccnc(-c3cnn(C)c3)c2)c(C)n1. The largest absolute Gasteiger partial charge is 0.480 e. The Morgan fingerprint density at radius 2 is 1.97 bits per heavy atom. The molecule has 10 heteroatoms. The van der Waals surface area contributed by atoms with Gasteiger partial charge in [-0.2, -0.15) is 10.1 Å². The van der Waals surface area contributed by atoms with Gasteiger partial charge in [0.15, 0.2) is 0 Å². The summed E-state index contributed by atoms with van der Waals surface area (Å²) in [5, 5.41) is 16.0. The highest BCUT2D eigenvalue weighted by atomic mass is 16.5. The molecule has 0 aliphatic carbocycles. The number of rotatable bonds is 8. The minimum absolute atomic E-state index is 0.0170. The lowest BCUT2D eigenvalue weighted by Crippen LogP contribution is -2.09. The molecule has 4 heterocycles. The number of nitrogens with zero attached hydrogens (tertiary/aromatic N) is 6. The lowest BCUT2D eigenvalue weighted by Gasteiger charge is -2.12. The summed E-state index contributed by atoms with van der Waals surface area (Å²) >= 11 is 0. The summed E-state index contributed by atoms with van der Waals surface area (Å²) in [4.78, 5) is 17.6. The van der Waals surface area contributed by atoms with Crippen LogP contribution < -0.4 is 14.8 Å². The molecule has 4 rings (SSSR count). The lowest BCUT2D eigenvalue weighted by molar-refractivity contribution is 0.310. The highest BCUT2D eigenvalue weighted by Crippen LogP contribution is 2.31. The van der Waals surface area contributed by atoms with Crippen molar-refractivity contribution in [2.75, 3.05) is 25.6 Å². The highest BCUT2D eigenvalue weighted by molar-refractivity contribution is 5.66. The molecule has 0 radical (unpaired) electrons. The Balaban J connectivity index is 1.57. The molecular weight excluding hydrogens is 410 g/mol. The Morgan fingerprint density at radius 1 is 1.09 bits per heavy atom. The lowest BCUT2D eigenvalue weighted by atomic mass is 10.2. The van der Waals surface area contributed by atoms with Crippen LogP contribution in [0.4, 0.5) is 5.95 Å². The van der Waals surface area contributed by atoms with Crippen molar-refractivity contribution in [1.82, 2.24) is 29.7 Å². The van der Waals surface area contributed by atoms with Crippen LogP contribution in [-0.4, -0.2) is 55.1 Å². The molecule has 10 nitrogen and oxygen atoms in total. The van der Waals surface area contributed by atoms with Crippen LogP contribution in [0.1, 0.15) is 5.69 Å². The highest BCUT2D eigenvalue weighted by Gasteiger charge is 2.14. The quantitative estimate of drug-likeness (QED) is 0.432. The van der Waals surface area contributed by atoms with Crippen LogP contribution in [0, 0.1) is 6.92 Å². The number of aromatic nitrogens is 6. The third-order valence-electron chi connectivity index (χ3n) is 4.62. The Labute approximate surface area is 184 Å². The minimum Gasteiger partial charge on any atom is -0.480 e. The van der Waals surface area contributed by atoms with Crippen molar-refractivity contribution in [2.45, 2.75) is 6.92 Å². The second kappa shape index (κ2) is 9.40. The van der Waals surface area contributed by atoms with Gasteiger partial charge in [0.25, 0.3) is 0 Å². The molecule has 0 unspecified atom stereocenters. The zero-order chi connectivity index (χ0) is 22.5. The first-order valence-corrected chi connectivity index (χ1v) is 9.94. The second-order valence-electron chi connectivity index (χ2n) is 6.93. The summed E-state index contributed by atoms with van der Waals surface area (Å²) in [5.41, 5.74) is 3.69. The number of pyridine rings is 2. The first-order valence-electron chi connectivity index (χ1n) is 9.94. The van der Waals surface area contributed by atoms with Crippen molar-refractivity contribution in [3.8, 4) is 39.9 Å². The molecule has 0 amide bonds. The van der Waals surface area contributed by atoms with Gasteiger partial charge in [0.05, 0.1) is 42.6 Å². The number of aliphatic hydroxyl groups is 1. The maximum Gasteiger partial charge on any atom is 0.227 e. The zero-order valence-corrected chi connectivity index (χ0v) is 18.0. The zero-order valence-electron chi connectivity index (χ0n) is 18.0. The average Bonchev–Trinajstić information content (AvgIpc) is 3.25. The predicted molar refractivity (Wildman–Crippen MR) is 119 cm³/mol. The van der Waals surface area contributed by atoms with E-state index in [1.165, 1.54) is 7.11 Å². The fraction of sp³-hybridized carbons (Fsp3) is 0.227. The number of aliphatic hydroxyl groups excluding tert-OH is 1. The van der Waals surface area contributed by atoms with E-state index >= 15 is 0 Å². The van der Waals surface area contributed by atoms with Crippen molar-refractivity contribution in [3.05, 3.63) is 54.7 Å². The van der Waals surface area contributed by atoms with Crippen LogP contribution in [0.2, 0.25) is 0 Å². The molecule has 0 fully saturated rings. The van der Waals surface area contributed by atoms with Crippen LogP contribution in [0.15, 0.2) is 49.1 Å². The number of ether oxygens (including phenoxy) is 2. The van der Waals surface area contributed by atoms with Crippen LogP contribution in [0.25, 0.3) is 22.5 Å². The molecule has 4 aromatic rings. The number of nitrogens with one attached hydrogen (secondary N) is 1. The number of aryl methyl sites for hydroxylation is 2. The molecule has 0 bridgehead atoms. The van der Waals surface area contributed by atoms with Gasteiger partial charge < -0.3 is 19.9 Å². The standard InChI is InChI=1S/C22H23N7O3/c1-14-20(32-16-6-7-23-19(10-16)15-11-26-29(2)13-15)5-4-18(27-14)17-12-25-22(24-8-9-30)28-21(17)31-3/h4-7,10-13,30H,8-9H2,1-3H3,(H,24,25,28). The predicted octanol–water partition coefficient (Wildman–Crippen LogP) is 2.85. The topological polar surface area (TPSA) is 120 Å². The van der Waals surface area contributed by atoms with Gasteiger partial charge in [0.2, 0.25) is 11.8 Å². The summed E-state index contributed by atoms with van der Waals surface area (Å²) in [5.74, 6) is 2.03. The van der Waals surface area contributed by atoms with E-state index in [4.69, 9.17) is 14.6 Å². The van der Waals surface area contributed by atoms with Gasteiger partial charge >= 0.3 is 0 Å². The normalized spacial score (nSPS) is 10.8. The van der Waals surface area contributed by atoms with Gasteiger partial charge in [-0.3, -0.25) is 9.67 Å². The Bertz CT molecular complexity index is 1230. The summed E-state index contributed by atoms with van der Waals surface area (Å²) < 4.78 is 13.2. The van der Waals surface area contributed by atoms with Gasteiger partial charge in [-0.1, -0.05) is 0 Å². The fourth-order valence-corrected chi connectivity index (χ4v) is 3.07. The van der Waals surface area contributed by atoms with E-state index in [0.717, 1.165) is 11.3 Å². The first-order chi connectivity index (χ1) is 15.6. The van der Waals surface area contributed by atoms with E-state index in [1.807, 2.05) is 38.4 Å². The number of anilines is 1. The fourth-order valence-electron chi connectivity index (χ4n) is 3.07. The van der Waals surface area contributed by atoms with Crippen molar-refractivity contribution in [1.29, 1.82) is 0 Å². The van der Waals surface area contributed by atoms with E-state index in [1.54, 1.807) is 29.3 Å². The van der Waals surface area contributed by atoms with E-state index in [9.17, 15) is 0 Å². The summed E-state index contributed by atoms with van der Waals surface area (Å²) in [6, 6.07) is 7.33. The van der Waals surface area contributed by atoms with Gasteiger partial charge in [-0.15, -0.1) is 0 Å². The molecule has 0 saturated heterocycles. The molecule has 2 N–H and O–H groups in total. The molecule has 0 atom stereocenters. The van der Waals surface area contributed by atoms with Gasteiger partial charge in [0, 0.05) is 43.8 Å². The van der Waals surface area contributed by atoms with E-state index in [0.29, 0.717) is 46.8 Å². The Morgan fingerprint density at radius 3 is 2.69 bits per heavy atom. The Hall–Kier alpha value is -4.05. The van der Waals surface area contributed by atoms with E-state index in [2.05, 4.69) is 30.4 Å². The van der Waals surface area contributed by atoms with Crippen LogP contribution in [0.5, 0.6) is 17.4 Å². The van der Waals surface area contributed by atoms with Crippen molar-refractivity contribution < 1.29 is 14.6 Å². The molecule has 0 saturated carbocycles. The summed E-state index contributed by atoms with van der Waals surface area (Å²) in [7, 11) is 3.40. The monoisotopic (exact) mass is 433 g/mol. The number of methoxy groups -OCH3 is 1. The molecule has 4 aromatic heterocycles. The third-order valence-corrected chi connectivity index (χ3v) is 4.62. The maximum absolute atomic E-state index is 8.94. The molecule has 164 valence electrons. The average molecular weight is 433 g/mol. The molecule has 0 aliphatic heterocycles. The second-order valence-corrected chi connectivity index (χ2v) is 6.93. The molecule has 32 heavy (non-hydrogen) atoms. The molecule has 0 aromatic carbocycles. The van der Waals surface area contributed by atoms with Crippen molar-refractivity contribution in [3.63, 3.8) is 0 Å². The number of hydrogen-bond donors (Lipinski definition) is 2. The minimum atomic E-state index is -0.0170. The van der Waals surface area contributed by atoms with E-state index in [-0.39, 0.29) is 6.61 Å². The van der Waals surface area contributed by atoms with Gasteiger partial charge in [0.1, 0.15) is 11.5 Å². The molecule has 0 spiro atoms.